The van der Waals surface area contributed by atoms with Crippen molar-refractivity contribution in [1.29, 1.82) is 0 Å². The van der Waals surface area contributed by atoms with Gasteiger partial charge in [0.1, 0.15) is 17.9 Å². The minimum Gasteiger partial charge on any atom is -0.487 e. The Labute approximate surface area is 327 Å². The van der Waals surface area contributed by atoms with Gasteiger partial charge in [0, 0.05) is 17.8 Å². The normalized spacial score (nSPS) is 14.1. The van der Waals surface area contributed by atoms with Crippen LogP contribution in [0.2, 0.25) is 0 Å². The number of carbonyl (C=O) groups excluding carboxylic acids is 3. The highest BCUT2D eigenvalue weighted by Gasteiger charge is 2.35. The summed E-state index contributed by atoms with van der Waals surface area (Å²) in [6.45, 7) is 5.52. The summed E-state index contributed by atoms with van der Waals surface area (Å²) in [7, 11) is 0. The molecule has 0 fully saturated rings. The van der Waals surface area contributed by atoms with Crippen LogP contribution < -0.4 is 10.1 Å². The number of carbonyl (C=O) groups is 3. The van der Waals surface area contributed by atoms with E-state index in [1.807, 2.05) is 60.7 Å². The predicted octanol–water partition coefficient (Wildman–Crippen LogP) is 9.09. The molecule has 3 amide bonds. The standard InChI is InChI=1S/C40H32Br2N4O6S/c1-3-5-18-30(4-2)45-39(49)32(21-27-22-33(41)37(34(42)23-27)52-24-26-13-12-19-31(20-26)46(50)51)38(48)44-40(45)53-25-35(47)43-36(28-14-8-6-9-15-28)29-16-10-7-11-17-29/h3-23,36H,1,24-25H2,2H3,(H,43,47)/b18-5-,30-4+,32-21+. The fourth-order valence-corrected chi connectivity index (χ4v) is 7.54. The van der Waals surface area contributed by atoms with Gasteiger partial charge in [0.25, 0.3) is 17.5 Å². The van der Waals surface area contributed by atoms with Crippen LogP contribution in [0.15, 0.2) is 153 Å². The Hall–Kier alpha value is -5.37. The molecule has 1 aliphatic heterocycles. The Bertz CT molecular complexity index is 2110. The lowest BCUT2D eigenvalue weighted by Gasteiger charge is -2.28. The van der Waals surface area contributed by atoms with Gasteiger partial charge in [0.15, 0.2) is 5.17 Å². The summed E-state index contributed by atoms with van der Waals surface area (Å²) >= 11 is 7.98. The van der Waals surface area contributed by atoms with E-state index in [0.29, 0.717) is 31.5 Å². The van der Waals surface area contributed by atoms with Crippen molar-refractivity contribution in [2.45, 2.75) is 19.6 Å². The van der Waals surface area contributed by atoms with Crippen LogP contribution in [0.4, 0.5) is 5.69 Å². The van der Waals surface area contributed by atoms with Crippen LogP contribution in [-0.4, -0.2) is 38.5 Å². The molecule has 53 heavy (non-hydrogen) atoms. The quantitative estimate of drug-likeness (QED) is 0.0467. The van der Waals surface area contributed by atoms with E-state index in [1.165, 1.54) is 23.1 Å². The minimum absolute atomic E-state index is 0.0460. The van der Waals surface area contributed by atoms with E-state index in [-0.39, 0.29) is 34.7 Å². The zero-order valence-electron chi connectivity index (χ0n) is 28.3. The number of hydrogen-bond donors (Lipinski definition) is 1. The Kier molecular flexibility index (Phi) is 13.5. The average Bonchev–Trinajstić information content (AvgIpc) is 3.16. The molecule has 0 bridgehead atoms. The maximum atomic E-state index is 14.1. The lowest BCUT2D eigenvalue weighted by Crippen LogP contribution is -2.42. The largest absolute Gasteiger partial charge is 0.487 e. The molecule has 1 N–H and O–H groups in total. The number of thioether (sulfide) groups is 1. The topological polar surface area (TPSA) is 131 Å². The fraction of sp³-hybridized carbons (Fsp3) is 0.100. The molecule has 10 nitrogen and oxygen atoms in total. The molecule has 268 valence electrons. The first-order valence-electron chi connectivity index (χ1n) is 16.1. The van der Waals surface area contributed by atoms with Crippen molar-refractivity contribution in [3.63, 3.8) is 0 Å². The number of hydrogen-bond acceptors (Lipinski definition) is 7. The second-order valence-electron chi connectivity index (χ2n) is 11.3. The first-order valence-corrected chi connectivity index (χ1v) is 18.7. The number of rotatable bonds is 13. The second kappa shape index (κ2) is 18.4. The van der Waals surface area contributed by atoms with E-state index in [9.17, 15) is 24.5 Å². The van der Waals surface area contributed by atoms with Gasteiger partial charge >= 0.3 is 0 Å². The summed E-state index contributed by atoms with van der Waals surface area (Å²) in [6, 6.07) is 28.2. The van der Waals surface area contributed by atoms with Gasteiger partial charge in [-0.1, -0.05) is 109 Å². The Morgan fingerprint density at radius 3 is 2.23 bits per heavy atom. The third-order valence-corrected chi connectivity index (χ3v) is 9.87. The molecule has 1 heterocycles. The van der Waals surface area contributed by atoms with Crippen molar-refractivity contribution in [3.05, 3.63) is 181 Å². The smallest absolute Gasteiger partial charge is 0.285 e. The van der Waals surface area contributed by atoms with E-state index >= 15 is 0 Å². The molecule has 0 radical (unpaired) electrons. The molecule has 0 atom stereocenters. The van der Waals surface area contributed by atoms with Gasteiger partial charge in [-0.25, -0.2) is 0 Å². The van der Waals surface area contributed by atoms with Crippen LogP contribution in [0.1, 0.15) is 35.2 Å². The number of nitro groups is 1. The Morgan fingerprint density at radius 2 is 1.64 bits per heavy atom. The summed E-state index contributed by atoms with van der Waals surface area (Å²) in [4.78, 5) is 57.3. The zero-order valence-corrected chi connectivity index (χ0v) is 32.3. The molecule has 4 aromatic rings. The summed E-state index contributed by atoms with van der Waals surface area (Å²) in [6.07, 6.45) is 8.01. The van der Waals surface area contributed by atoms with Crippen LogP contribution >= 0.6 is 43.6 Å². The molecule has 0 saturated carbocycles. The zero-order chi connectivity index (χ0) is 37.9. The summed E-state index contributed by atoms with van der Waals surface area (Å²) in [5.41, 5.74) is 3.09. The molecule has 1 aliphatic rings. The number of nitrogens with zero attached hydrogens (tertiary/aromatic N) is 3. The van der Waals surface area contributed by atoms with E-state index < -0.39 is 22.8 Å². The van der Waals surface area contributed by atoms with Crippen LogP contribution in [-0.2, 0) is 21.0 Å². The number of amides is 3. The highest BCUT2D eigenvalue weighted by atomic mass is 79.9. The number of non-ortho nitro benzene ring substituents is 1. The van der Waals surface area contributed by atoms with Crippen molar-refractivity contribution < 1.29 is 24.0 Å². The van der Waals surface area contributed by atoms with Crippen molar-refractivity contribution in [2.75, 3.05) is 5.75 Å². The summed E-state index contributed by atoms with van der Waals surface area (Å²) in [5.74, 6) is -1.40. The van der Waals surface area contributed by atoms with Gasteiger partial charge < -0.3 is 10.1 Å². The van der Waals surface area contributed by atoms with Crippen molar-refractivity contribution in [1.82, 2.24) is 10.2 Å². The van der Waals surface area contributed by atoms with E-state index in [1.54, 1.807) is 55.5 Å². The number of ether oxygens (including phenoxy) is 1. The number of benzene rings is 4. The van der Waals surface area contributed by atoms with E-state index in [2.05, 4.69) is 48.7 Å². The molecule has 0 spiro atoms. The van der Waals surface area contributed by atoms with Gasteiger partial charge in [-0.3, -0.25) is 29.4 Å². The molecule has 0 unspecified atom stereocenters. The molecule has 0 saturated heterocycles. The van der Waals surface area contributed by atoms with Crippen LogP contribution in [0.25, 0.3) is 6.08 Å². The molecule has 0 aromatic heterocycles. The summed E-state index contributed by atoms with van der Waals surface area (Å²) < 4.78 is 6.97. The highest BCUT2D eigenvalue weighted by molar-refractivity contribution is 9.11. The highest BCUT2D eigenvalue weighted by Crippen LogP contribution is 2.37. The lowest BCUT2D eigenvalue weighted by atomic mass is 9.99. The monoisotopic (exact) mass is 854 g/mol. The number of nitrogens with one attached hydrogen (secondary N) is 1. The van der Waals surface area contributed by atoms with Gasteiger partial charge in [-0.05, 0) is 85.3 Å². The van der Waals surface area contributed by atoms with Crippen LogP contribution in [0, 0.1) is 10.1 Å². The molecular weight excluding hydrogens is 824 g/mol. The number of halogens is 2. The predicted molar refractivity (Wildman–Crippen MR) is 215 cm³/mol. The number of aliphatic imine (C=N–C) groups is 1. The number of allylic oxidation sites excluding steroid dienone is 4. The third kappa shape index (κ3) is 9.95. The van der Waals surface area contributed by atoms with Crippen molar-refractivity contribution in [2.24, 2.45) is 4.99 Å². The Morgan fingerprint density at radius 1 is 1.00 bits per heavy atom. The Balaban J connectivity index is 1.39. The number of nitro benzene ring substituents is 1. The molecule has 13 heteroatoms. The third-order valence-electron chi connectivity index (χ3n) is 7.75. The van der Waals surface area contributed by atoms with E-state index in [0.717, 1.165) is 22.9 Å². The first kappa shape index (κ1) is 38.9. The van der Waals surface area contributed by atoms with Crippen LogP contribution in [0.3, 0.4) is 0 Å². The SMILES string of the molecule is C=C/C=C\C(=C/C)N1C(=O)/C(=C/c2cc(Br)c(OCc3cccc([N+](=O)[O-])c3)c(Br)c2)C(=O)N=C1SCC(=O)NC(c1ccccc1)c1ccccc1. The van der Waals surface area contributed by atoms with Gasteiger partial charge in [0.2, 0.25) is 5.91 Å². The van der Waals surface area contributed by atoms with Crippen molar-refractivity contribution >= 4 is 78.3 Å². The lowest BCUT2D eigenvalue weighted by molar-refractivity contribution is -0.384. The molecule has 4 aromatic carbocycles. The summed E-state index contributed by atoms with van der Waals surface area (Å²) in [5, 5.41) is 14.3. The van der Waals surface area contributed by atoms with E-state index in [4.69, 9.17) is 4.74 Å². The molecule has 0 aliphatic carbocycles. The van der Waals surface area contributed by atoms with Crippen LogP contribution in [0.5, 0.6) is 5.75 Å². The first-order chi connectivity index (χ1) is 25.6. The maximum absolute atomic E-state index is 14.1. The van der Waals surface area contributed by atoms with Gasteiger partial charge in [-0.2, -0.15) is 4.99 Å². The molecular formula is C40H32Br2N4O6S. The maximum Gasteiger partial charge on any atom is 0.285 e. The van der Waals surface area contributed by atoms with Gasteiger partial charge in [-0.15, -0.1) is 0 Å². The number of amidine groups is 1. The average molecular weight is 857 g/mol. The molecule has 5 rings (SSSR count). The fourth-order valence-electron chi connectivity index (χ4n) is 5.28. The minimum atomic E-state index is -0.762. The second-order valence-corrected chi connectivity index (χ2v) is 14.0. The van der Waals surface area contributed by atoms with Crippen molar-refractivity contribution in [3.8, 4) is 5.75 Å². The van der Waals surface area contributed by atoms with Gasteiger partial charge in [0.05, 0.1) is 25.7 Å².